The molecule has 1 aromatic heterocycles. The van der Waals surface area contributed by atoms with Crippen molar-refractivity contribution >= 4 is 11.4 Å². The number of aromatic nitrogens is 2. The van der Waals surface area contributed by atoms with E-state index in [1.54, 1.807) is 26.4 Å². The van der Waals surface area contributed by atoms with Crippen LogP contribution in [0.4, 0.5) is 11.4 Å². The van der Waals surface area contributed by atoms with E-state index in [4.69, 9.17) is 4.74 Å². The lowest BCUT2D eigenvalue weighted by molar-refractivity contribution is 0.266. The quantitative estimate of drug-likeness (QED) is 0.842. The number of hydrogen-bond donors (Lipinski definition) is 1. The first kappa shape index (κ1) is 18.3. The Labute approximate surface area is 154 Å². The van der Waals surface area contributed by atoms with Crippen molar-refractivity contribution in [1.82, 2.24) is 14.7 Å². The maximum Gasteiger partial charge on any atom is 0.289 e. The molecule has 0 saturated carbocycles. The highest BCUT2D eigenvalue weighted by Crippen LogP contribution is 2.29. The molecule has 0 atom stereocenters. The summed E-state index contributed by atoms with van der Waals surface area (Å²) in [5.41, 5.74) is 2.92. The van der Waals surface area contributed by atoms with Crippen molar-refractivity contribution in [2.75, 3.05) is 56.6 Å². The van der Waals surface area contributed by atoms with Gasteiger partial charge in [-0.3, -0.25) is 9.69 Å². The van der Waals surface area contributed by atoms with Crippen LogP contribution in [0.25, 0.3) is 0 Å². The first-order chi connectivity index (χ1) is 12.6. The van der Waals surface area contributed by atoms with E-state index in [0.717, 1.165) is 45.0 Å². The number of nitrogens with one attached hydrogen (secondary N) is 1. The number of benzene rings is 1. The summed E-state index contributed by atoms with van der Waals surface area (Å²) in [4.78, 5) is 16.7. The first-order valence-electron chi connectivity index (χ1n) is 8.96. The van der Waals surface area contributed by atoms with E-state index in [2.05, 4.69) is 39.3 Å². The molecule has 1 aromatic carbocycles. The molecule has 1 fully saturated rings. The predicted octanol–water partition coefficient (Wildman–Crippen LogP) is 1.33. The van der Waals surface area contributed by atoms with E-state index >= 15 is 0 Å². The van der Waals surface area contributed by atoms with Gasteiger partial charge in [-0.1, -0.05) is 6.07 Å². The fourth-order valence-corrected chi connectivity index (χ4v) is 3.25. The fourth-order valence-electron chi connectivity index (χ4n) is 3.25. The Balaban J connectivity index is 1.51. The largest absolute Gasteiger partial charge is 0.495 e. The summed E-state index contributed by atoms with van der Waals surface area (Å²) in [7, 11) is 3.38. The zero-order chi connectivity index (χ0) is 18.5. The Hall–Kier alpha value is -2.54. The Kier molecular flexibility index (Phi) is 5.78. The van der Waals surface area contributed by atoms with E-state index in [9.17, 15) is 4.79 Å². The predicted molar refractivity (Wildman–Crippen MR) is 104 cm³/mol. The van der Waals surface area contributed by atoms with Gasteiger partial charge in [-0.15, -0.1) is 0 Å². The molecular formula is C19H27N5O2. The van der Waals surface area contributed by atoms with Gasteiger partial charge in [-0.05, 0) is 30.7 Å². The Morgan fingerprint density at radius 1 is 1.19 bits per heavy atom. The molecule has 0 spiro atoms. The van der Waals surface area contributed by atoms with Crippen molar-refractivity contribution in [1.29, 1.82) is 0 Å². The van der Waals surface area contributed by atoms with Crippen LogP contribution in [0, 0.1) is 6.92 Å². The van der Waals surface area contributed by atoms with Crippen molar-refractivity contribution in [2.24, 2.45) is 7.05 Å². The highest BCUT2D eigenvalue weighted by atomic mass is 16.5. The minimum Gasteiger partial charge on any atom is -0.495 e. The van der Waals surface area contributed by atoms with Gasteiger partial charge in [0.15, 0.2) is 0 Å². The summed E-state index contributed by atoms with van der Waals surface area (Å²) in [5.74, 6) is 0.930. The molecule has 26 heavy (non-hydrogen) atoms. The van der Waals surface area contributed by atoms with Gasteiger partial charge in [0, 0.05) is 52.5 Å². The van der Waals surface area contributed by atoms with E-state index in [1.165, 1.54) is 15.9 Å². The van der Waals surface area contributed by atoms with Gasteiger partial charge >= 0.3 is 0 Å². The lowest BCUT2D eigenvalue weighted by atomic mass is 10.1. The summed E-state index contributed by atoms with van der Waals surface area (Å²) in [6.07, 6.45) is 1.64. The molecule has 0 unspecified atom stereocenters. The average Bonchev–Trinajstić information content (AvgIpc) is 2.66. The van der Waals surface area contributed by atoms with Crippen molar-refractivity contribution in [3.63, 3.8) is 0 Å². The second kappa shape index (κ2) is 8.23. The second-order valence-electron chi connectivity index (χ2n) is 6.60. The zero-order valence-corrected chi connectivity index (χ0v) is 15.7. The smallest absolute Gasteiger partial charge is 0.289 e. The number of rotatable bonds is 6. The van der Waals surface area contributed by atoms with E-state index < -0.39 is 0 Å². The minimum absolute atomic E-state index is 0.0936. The van der Waals surface area contributed by atoms with Gasteiger partial charge in [0.05, 0.1) is 12.8 Å². The van der Waals surface area contributed by atoms with Crippen LogP contribution in [-0.2, 0) is 7.05 Å². The third kappa shape index (κ3) is 4.16. The molecule has 2 heterocycles. The summed E-state index contributed by atoms with van der Waals surface area (Å²) in [5, 5.41) is 7.15. The minimum atomic E-state index is -0.0936. The molecule has 1 N–H and O–H groups in total. The van der Waals surface area contributed by atoms with Crippen molar-refractivity contribution in [3.8, 4) is 5.75 Å². The molecule has 0 bridgehead atoms. The topological polar surface area (TPSA) is 62.6 Å². The van der Waals surface area contributed by atoms with Crippen LogP contribution >= 0.6 is 0 Å². The van der Waals surface area contributed by atoms with Gasteiger partial charge < -0.3 is 15.0 Å². The normalized spacial score (nSPS) is 15.1. The molecular weight excluding hydrogens is 330 g/mol. The first-order valence-corrected chi connectivity index (χ1v) is 8.96. The summed E-state index contributed by atoms with van der Waals surface area (Å²) in [6.45, 7) is 7.68. The molecule has 3 rings (SSSR count). The molecule has 7 heteroatoms. The molecule has 1 aliphatic rings. The summed E-state index contributed by atoms with van der Waals surface area (Å²) >= 11 is 0. The third-order valence-electron chi connectivity index (χ3n) is 4.80. The van der Waals surface area contributed by atoms with Crippen molar-refractivity contribution < 1.29 is 4.74 Å². The Morgan fingerprint density at radius 3 is 2.69 bits per heavy atom. The number of piperazine rings is 1. The number of hydrogen-bond acceptors (Lipinski definition) is 6. The van der Waals surface area contributed by atoms with Crippen LogP contribution in [0.1, 0.15) is 5.56 Å². The SMILES string of the molecule is COc1ccc(C)cc1N1CCN(CCNc2ccnn(C)c2=O)CC1. The fraction of sp³-hybridized carbons (Fsp3) is 0.474. The van der Waals surface area contributed by atoms with E-state index in [1.807, 2.05) is 6.07 Å². The van der Waals surface area contributed by atoms with Crippen LogP contribution in [0.2, 0.25) is 0 Å². The van der Waals surface area contributed by atoms with Gasteiger partial charge in [-0.25, -0.2) is 4.68 Å². The van der Waals surface area contributed by atoms with Gasteiger partial charge in [0.1, 0.15) is 11.4 Å². The van der Waals surface area contributed by atoms with E-state index in [0.29, 0.717) is 5.69 Å². The molecule has 1 saturated heterocycles. The number of methoxy groups -OCH3 is 1. The highest BCUT2D eigenvalue weighted by molar-refractivity contribution is 5.60. The molecule has 2 aromatic rings. The Morgan fingerprint density at radius 2 is 1.96 bits per heavy atom. The van der Waals surface area contributed by atoms with Gasteiger partial charge in [-0.2, -0.15) is 5.10 Å². The van der Waals surface area contributed by atoms with Crippen LogP contribution in [0.15, 0.2) is 35.3 Å². The van der Waals surface area contributed by atoms with Crippen LogP contribution < -0.4 is 20.5 Å². The molecule has 1 aliphatic heterocycles. The monoisotopic (exact) mass is 357 g/mol. The van der Waals surface area contributed by atoms with Gasteiger partial charge in [0.25, 0.3) is 5.56 Å². The number of aryl methyl sites for hydroxylation is 2. The average molecular weight is 357 g/mol. The summed E-state index contributed by atoms with van der Waals surface area (Å²) < 4.78 is 6.86. The lowest BCUT2D eigenvalue weighted by Gasteiger charge is -2.36. The van der Waals surface area contributed by atoms with Crippen molar-refractivity contribution in [3.05, 3.63) is 46.4 Å². The maximum atomic E-state index is 11.9. The summed E-state index contributed by atoms with van der Waals surface area (Å²) in [6, 6.07) is 8.03. The van der Waals surface area contributed by atoms with Crippen LogP contribution in [0.5, 0.6) is 5.75 Å². The molecule has 0 radical (unpaired) electrons. The highest BCUT2D eigenvalue weighted by Gasteiger charge is 2.19. The second-order valence-corrected chi connectivity index (χ2v) is 6.60. The molecule has 7 nitrogen and oxygen atoms in total. The van der Waals surface area contributed by atoms with Crippen molar-refractivity contribution in [2.45, 2.75) is 6.92 Å². The van der Waals surface area contributed by atoms with E-state index in [-0.39, 0.29) is 5.56 Å². The third-order valence-corrected chi connectivity index (χ3v) is 4.80. The number of ether oxygens (including phenoxy) is 1. The zero-order valence-electron chi connectivity index (χ0n) is 15.7. The molecule has 140 valence electrons. The lowest BCUT2D eigenvalue weighted by Crippen LogP contribution is -2.47. The van der Waals surface area contributed by atoms with Crippen LogP contribution in [-0.4, -0.2) is 61.1 Å². The van der Waals surface area contributed by atoms with Crippen LogP contribution in [0.3, 0.4) is 0 Å². The standard InChI is InChI=1S/C19H27N5O2/c1-15-4-5-18(26-3)17(14-15)24-12-10-23(11-13-24)9-8-20-16-6-7-21-22(2)19(16)25/h4-7,14,20H,8-13H2,1-3H3. The number of anilines is 2. The molecule has 0 aliphatic carbocycles. The maximum absolute atomic E-state index is 11.9. The van der Waals surface area contributed by atoms with Gasteiger partial charge in [0.2, 0.25) is 0 Å². The number of nitrogens with zero attached hydrogens (tertiary/aromatic N) is 4. The Bertz CT molecular complexity index is 797. The molecule has 0 amide bonds.